The van der Waals surface area contributed by atoms with Crippen molar-refractivity contribution in [1.82, 2.24) is 9.80 Å². The maximum Gasteiger partial charge on any atom is 0.311 e. The Bertz CT molecular complexity index is 1140. The molecule has 18 atom stereocenters. The molecule has 0 radical (unpaired) electrons. The number of carbonyl (C=O) groups excluding carboxylic acids is 1. The Morgan fingerprint density at radius 1 is 0.923 bits per heavy atom. The van der Waals surface area contributed by atoms with E-state index in [-0.39, 0.29) is 36.8 Å². The van der Waals surface area contributed by atoms with Crippen LogP contribution in [0.2, 0.25) is 0 Å². The molecular formula is C39H74N2O11. The van der Waals surface area contributed by atoms with Crippen molar-refractivity contribution >= 4 is 5.97 Å². The molecule has 3 fully saturated rings. The molecule has 0 bridgehead atoms. The Morgan fingerprint density at radius 3 is 2.10 bits per heavy atom. The first-order chi connectivity index (χ1) is 23.9. The van der Waals surface area contributed by atoms with E-state index in [2.05, 4.69) is 11.8 Å². The summed E-state index contributed by atoms with van der Waals surface area (Å²) in [4.78, 5) is 18.4. The van der Waals surface area contributed by atoms with E-state index < -0.39 is 89.9 Å². The van der Waals surface area contributed by atoms with Crippen molar-refractivity contribution in [2.45, 2.75) is 186 Å². The molecule has 0 aliphatic carbocycles. The fourth-order valence-corrected chi connectivity index (χ4v) is 9.06. The van der Waals surface area contributed by atoms with Crippen LogP contribution in [0.1, 0.15) is 102 Å². The number of hydrogen-bond donors (Lipinski definition) is 4. The van der Waals surface area contributed by atoms with Gasteiger partial charge in [0.15, 0.2) is 12.6 Å². The summed E-state index contributed by atoms with van der Waals surface area (Å²) < 4.78 is 38.2. The number of rotatable bonds is 7. The van der Waals surface area contributed by atoms with Crippen LogP contribution in [0, 0.1) is 23.7 Å². The lowest BCUT2D eigenvalue weighted by Gasteiger charge is -2.49. The zero-order valence-electron chi connectivity index (χ0n) is 34.7. The smallest absolute Gasteiger partial charge is 0.311 e. The van der Waals surface area contributed by atoms with Crippen LogP contribution in [0.3, 0.4) is 0 Å². The molecule has 0 spiro atoms. The van der Waals surface area contributed by atoms with Crippen molar-refractivity contribution in [2.75, 3.05) is 34.8 Å². The average molecular weight is 747 g/mol. The lowest BCUT2D eigenvalue weighted by atomic mass is 9.77. The van der Waals surface area contributed by atoms with Crippen LogP contribution in [0.5, 0.6) is 0 Å². The van der Waals surface area contributed by atoms with Crippen molar-refractivity contribution in [2.24, 2.45) is 23.7 Å². The van der Waals surface area contributed by atoms with Crippen LogP contribution >= 0.6 is 0 Å². The molecule has 3 rings (SSSR count). The van der Waals surface area contributed by atoms with E-state index >= 15 is 0 Å². The van der Waals surface area contributed by atoms with Crippen molar-refractivity contribution in [1.29, 1.82) is 0 Å². The Morgan fingerprint density at radius 2 is 1.54 bits per heavy atom. The third-order valence-electron chi connectivity index (χ3n) is 12.6. The number of hydrogen-bond acceptors (Lipinski definition) is 13. The number of carbonyl (C=O) groups is 1. The highest BCUT2D eigenvalue weighted by atomic mass is 16.7. The first kappa shape index (κ1) is 45.4. The Hall–Kier alpha value is -0.970. The van der Waals surface area contributed by atoms with Crippen molar-refractivity contribution in [3.8, 4) is 0 Å². The normalized spacial score (nSPS) is 49.6. The summed E-state index contributed by atoms with van der Waals surface area (Å²) in [5, 5.41) is 46.8. The third kappa shape index (κ3) is 10.1. The molecule has 306 valence electrons. The topological polar surface area (TPSA) is 160 Å². The van der Waals surface area contributed by atoms with E-state index in [1.165, 1.54) is 14.0 Å². The predicted molar refractivity (Wildman–Crippen MR) is 197 cm³/mol. The van der Waals surface area contributed by atoms with Gasteiger partial charge in [0.25, 0.3) is 0 Å². The number of aliphatic hydroxyl groups is 4. The Balaban J connectivity index is 2.17. The van der Waals surface area contributed by atoms with E-state index in [9.17, 15) is 25.2 Å². The minimum atomic E-state index is -1.77. The molecule has 13 heteroatoms. The summed E-state index contributed by atoms with van der Waals surface area (Å²) in [5.74, 6) is -2.34. The van der Waals surface area contributed by atoms with Crippen LogP contribution in [0.25, 0.3) is 0 Å². The van der Waals surface area contributed by atoms with Gasteiger partial charge in [-0.05, 0) is 94.8 Å². The highest BCUT2D eigenvalue weighted by Gasteiger charge is 2.52. The Kier molecular flexibility index (Phi) is 15.6. The molecular weight excluding hydrogens is 672 g/mol. The molecule has 3 heterocycles. The first-order valence-corrected chi connectivity index (χ1v) is 19.5. The minimum absolute atomic E-state index is 0.0440. The van der Waals surface area contributed by atoms with Gasteiger partial charge in [0, 0.05) is 44.0 Å². The van der Waals surface area contributed by atoms with Gasteiger partial charge in [0.1, 0.15) is 23.9 Å². The van der Waals surface area contributed by atoms with Crippen molar-refractivity contribution in [3.63, 3.8) is 0 Å². The summed E-state index contributed by atoms with van der Waals surface area (Å²) in [6, 6.07) is -0.330. The maximum absolute atomic E-state index is 14.2. The number of likely N-dealkylation sites (N-methyl/N-ethyl adjacent to an activating group) is 1. The monoisotopic (exact) mass is 747 g/mol. The first-order valence-electron chi connectivity index (χ1n) is 19.5. The number of esters is 1. The van der Waals surface area contributed by atoms with Gasteiger partial charge in [-0.3, -0.25) is 4.79 Å². The van der Waals surface area contributed by atoms with Gasteiger partial charge in [0.05, 0.1) is 41.5 Å². The van der Waals surface area contributed by atoms with Gasteiger partial charge in [-0.25, -0.2) is 0 Å². The lowest BCUT2D eigenvalue weighted by molar-refractivity contribution is -0.312. The van der Waals surface area contributed by atoms with Crippen molar-refractivity contribution < 1.29 is 53.6 Å². The van der Waals surface area contributed by atoms with E-state index in [0.29, 0.717) is 13.0 Å². The van der Waals surface area contributed by atoms with Gasteiger partial charge in [-0.15, -0.1) is 0 Å². The quantitative estimate of drug-likeness (QED) is 0.282. The number of aliphatic hydroxyl groups excluding tert-OH is 2. The standard InChI is InChI=1S/C39H74N2O11/c1-16-29-39(11,46)32(42)26(7)41(14)20-21(2)18-37(9,45)34(52-36-23(4)28(40(12)13)17-22(3)48-36)24(5)31(25(6)35(44)50-29)51-30-19-38(10,47-15)33(43)27(8)49-30/h21-34,36,42-43,45-46H,16-20H2,1-15H3/t21-,22-,23-,24+,25-,26-,27+,28+,29-,30-,31-,32-,33-,34+,36+,37-,38+,39-/m1/s1. The third-order valence-corrected chi connectivity index (χ3v) is 12.6. The molecule has 0 unspecified atom stereocenters. The SMILES string of the molecule is CC[C@H]1OC(=O)[C@H](C)[C@H](O[C@@H]2C[C@](C)(OC)[C@H](O)[C@H](C)O2)[C@H](C)[C@H](O[C@@H]2O[C@H](C)C[C@H](N(C)C)[C@H]2C)[C@](C)(O)C[C@@H](C)CN(C)[C@H](C)[C@@H](O)[C@]1(C)O. The summed E-state index contributed by atoms with van der Waals surface area (Å²) in [6.07, 6.45) is -5.73. The van der Waals surface area contributed by atoms with Gasteiger partial charge in [-0.2, -0.15) is 0 Å². The second-order valence-electron chi connectivity index (χ2n) is 17.5. The van der Waals surface area contributed by atoms with Gasteiger partial charge in [-0.1, -0.05) is 27.7 Å². The molecule has 3 aliphatic rings. The van der Waals surface area contributed by atoms with Gasteiger partial charge >= 0.3 is 5.97 Å². The average Bonchev–Trinajstić information content (AvgIpc) is 3.05. The summed E-state index contributed by atoms with van der Waals surface area (Å²) >= 11 is 0. The number of ether oxygens (including phenoxy) is 6. The molecule has 52 heavy (non-hydrogen) atoms. The summed E-state index contributed by atoms with van der Waals surface area (Å²) in [6.45, 7) is 20.7. The van der Waals surface area contributed by atoms with Crippen LogP contribution in [-0.2, 0) is 33.2 Å². The summed E-state index contributed by atoms with van der Waals surface area (Å²) in [7, 11) is 7.50. The molecule has 0 aromatic heterocycles. The second kappa shape index (κ2) is 17.9. The van der Waals surface area contributed by atoms with Crippen LogP contribution in [-0.4, -0.2) is 155 Å². The van der Waals surface area contributed by atoms with E-state index in [1.54, 1.807) is 34.6 Å². The van der Waals surface area contributed by atoms with Crippen molar-refractivity contribution in [3.05, 3.63) is 0 Å². The molecule has 13 nitrogen and oxygen atoms in total. The molecule has 3 saturated heterocycles. The highest BCUT2D eigenvalue weighted by Crippen LogP contribution is 2.41. The van der Waals surface area contributed by atoms with E-state index in [4.69, 9.17) is 28.4 Å². The number of nitrogens with zero attached hydrogens (tertiary/aromatic N) is 2. The van der Waals surface area contributed by atoms with Gasteiger partial charge < -0.3 is 58.6 Å². The zero-order chi connectivity index (χ0) is 39.7. The fourth-order valence-electron chi connectivity index (χ4n) is 9.06. The number of cyclic esters (lactones) is 1. The Labute approximate surface area is 313 Å². The van der Waals surface area contributed by atoms with Crippen LogP contribution < -0.4 is 0 Å². The molecule has 0 amide bonds. The molecule has 0 saturated carbocycles. The fraction of sp³-hybridized carbons (Fsp3) is 0.974. The van der Waals surface area contributed by atoms with Crippen LogP contribution in [0.15, 0.2) is 0 Å². The minimum Gasteiger partial charge on any atom is -0.459 e. The van der Waals surface area contributed by atoms with Crippen LogP contribution in [0.4, 0.5) is 0 Å². The lowest BCUT2D eigenvalue weighted by Crippen LogP contribution is -2.59. The maximum atomic E-state index is 14.2. The highest BCUT2D eigenvalue weighted by molar-refractivity contribution is 5.73. The zero-order valence-corrected chi connectivity index (χ0v) is 34.7. The predicted octanol–water partition coefficient (Wildman–Crippen LogP) is 3.18. The second-order valence-corrected chi connectivity index (χ2v) is 17.5. The van der Waals surface area contributed by atoms with E-state index in [0.717, 1.165) is 6.42 Å². The number of methoxy groups -OCH3 is 1. The van der Waals surface area contributed by atoms with E-state index in [1.807, 2.05) is 53.7 Å². The largest absolute Gasteiger partial charge is 0.459 e. The molecule has 0 aromatic rings. The molecule has 0 aromatic carbocycles. The molecule has 4 N–H and O–H groups in total. The van der Waals surface area contributed by atoms with Gasteiger partial charge in [0.2, 0.25) is 0 Å². The summed E-state index contributed by atoms with van der Waals surface area (Å²) in [5.41, 5.74) is -4.20. The molecule has 3 aliphatic heterocycles.